The van der Waals surface area contributed by atoms with Crippen LogP contribution in [0.1, 0.15) is 0 Å². The van der Waals surface area contributed by atoms with Gasteiger partial charge in [-0.15, -0.1) is 0 Å². The Labute approximate surface area is 244 Å². The fraction of sp³-hybridized carbons (Fsp3) is 0. The molecule has 0 bridgehead atoms. The summed E-state index contributed by atoms with van der Waals surface area (Å²) in [5.41, 5.74) is 12.2. The Kier molecular flexibility index (Phi) is 4.32. The molecule has 4 nitrogen and oxygen atoms in total. The van der Waals surface area contributed by atoms with Crippen LogP contribution in [0.5, 0.6) is 23.0 Å². The van der Waals surface area contributed by atoms with Crippen LogP contribution in [0.3, 0.4) is 0 Å². The molecule has 4 aliphatic rings. The van der Waals surface area contributed by atoms with Crippen LogP contribution < -0.4 is 40.8 Å². The molecule has 0 radical (unpaired) electrons. The number of benzene rings is 6. The summed E-state index contributed by atoms with van der Waals surface area (Å²) in [5, 5.41) is 0. The lowest BCUT2D eigenvalue weighted by molar-refractivity contribution is 0.479. The summed E-state index contributed by atoms with van der Waals surface area (Å²) in [6.07, 6.45) is 0. The lowest BCUT2D eigenvalue weighted by Crippen LogP contribution is -2.59. The molecular formula is C36H21B2NO3. The van der Waals surface area contributed by atoms with E-state index in [1.54, 1.807) is 0 Å². The van der Waals surface area contributed by atoms with Crippen LogP contribution in [0.15, 0.2) is 127 Å². The van der Waals surface area contributed by atoms with E-state index in [2.05, 4.69) is 114 Å². The highest BCUT2D eigenvalue weighted by atomic mass is 16.5. The molecule has 0 saturated heterocycles. The third kappa shape index (κ3) is 2.88. The molecule has 42 heavy (non-hydrogen) atoms. The van der Waals surface area contributed by atoms with Crippen LogP contribution in [0, 0.1) is 0 Å². The van der Waals surface area contributed by atoms with Gasteiger partial charge < -0.3 is 18.9 Å². The number of ether oxygens (including phenoxy) is 1. The Bertz CT molecular complexity index is 2110. The van der Waals surface area contributed by atoms with Gasteiger partial charge in [-0.2, -0.15) is 0 Å². The Hall–Kier alpha value is -5.35. The van der Waals surface area contributed by atoms with Gasteiger partial charge in [0.15, 0.2) is 0 Å². The molecule has 0 amide bonds. The lowest BCUT2D eigenvalue weighted by atomic mass is 9.46. The van der Waals surface area contributed by atoms with Crippen molar-refractivity contribution in [3.8, 4) is 45.3 Å². The molecule has 0 fully saturated rings. The Morgan fingerprint density at radius 2 is 1.02 bits per heavy atom. The number of fused-ring (bicyclic) bond motifs is 8. The first-order valence-electron chi connectivity index (χ1n) is 14.3. The lowest BCUT2D eigenvalue weighted by Gasteiger charge is -2.41. The number of hydrogen-bond acceptors (Lipinski definition) is 4. The summed E-state index contributed by atoms with van der Waals surface area (Å²) in [7, 11) is 0. The monoisotopic (exact) mass is 537 g/mol. The highest BCUT2D eigenvalue weighted by Crippen LogP contribution is 2.45. The third-order valence-corrected chi connectivity index (χ3v) is 8.96. The number of nitrogens with zero attached hydrogens (tertiary/aromatic N) is 1. The third-order valence-electron chi connectivity index (χ3n) is 8.96. The Morgan fingerprint density at radius 1 is 0.429 bits per heavy atom. The molecule has 0 aromatic heterocycles. The number of anilines is 3. The van der Waals surface area contributed by atoms with E-state index in [9.17, 15) is 0 Å². The molecular weight excluding hydrogens is 516 g/mol. The van der Waals surface area contributed by atoms with E-state index in [1.807, 2.05) is 18.2 Å². The summed E-state index contributed by atoms with van der Waals surface area (Å²) in [6.45, 7) is -0.545. The van der Waals surface area contributed by atoms with Gasteiger partial charge >= 0.3 is 13.8 Å². The van der Waals surface area contributed by atoms with E-state index in [0.29, 0.717) is 0 Å². The van der Waals surface area contributed by atoms with Crippen LogP contribution in [-0.4, -0.2) is 13.8 Å². The van der Waals surface area contributed by atoms with E-state index in [1.165, 1.54) is 11.0 Å². The van der Waals surface area contributed by atoms with Crippen molar-refractivity contribution >= 4 is 52.7 Å². The van der Waals surface area contributed by atoms with Crippen molar-refractivity contribution < 1.29 is 14.0 Å². The minimum Gasteiger partial charge on any atom is -0.551 e. The first-order valence-corrected chi connectivity index (χ1v) is 14.3. The fourth-order valence-corrected chi connectivity index (χ4v) is 7.19. The van der Waals surface area contributed by atoms with E-state index >= 15 is 0 Å². The predicted octanol–water partition coefficient (Wildman–Crippen LogP) is 5.91. The molecule has 6 aromatic carbocycles. The van der Waals surface area contributed by atoms with Crippen LogP contribution in [-0.2, 0) is 0 Å². The number of para-hydroxylation sites is 3. The minimum absolute atomic E-state index is 0.265. The van der Waals surface area contributed by atoms with Gasteiger partial charge in [-0.3, -0.25) is 0 Å². The average Bonchev–Trinajstić information content (AvgIpc) is 3.05. The second-order valence-electron chi connectivity index (χ2n) is 11.2. The highest BCUT2D eigenvalue weighted by molar-refractivity contribution is 6.88. The number of rotatable bonds is 1. The molecule has 0 atom stereocenters. The van der Waals surface area contributed by atoms with Gasteiger partial charge in [-0.1, -0.05) is 84.9 Å². The molecule has 10 rings (SSSR count). The maximum absolute atomic E-state index is 6.87. The van der Waals surface area contributed by atoms with Crippen LogP contribution in [0.2, 0.25) is 0 Å². The summed E-state index contributed by atoms with van der Waals surface area (Å²) in [5.74, 6) is 3.43. The number of hydrogen-bond donors (Lipinski definition) is 0. The first-order chi connectivity index (χ1) is 20.8. The molecule has 6 aromatic rings. The molecule has 0 spiro atoms. The smallest absolute Gasteiger partial charge is 0.434 e. The van der Waals surface area contributed by atoms with Crippen molar-refractivity contribution in [1.82, 2.24) is 0 Å². The maximum Gasteiger partial charge on any atom is 0.434 e. The van der Waals surface area contributed by atoms with E-state index in [-0.39, 0.29) is 13.8 Å². The summed E-state index contributed by atoms with van der Waals surface area (Å²) >= 11 is 0. The van der Waals surface area contributed by atoms with Crippen LogP contribution in [0.4, 0.5) is 17.1 Å². The largest absolute Gasteiger partial charge is 0.551 e. The summed E-state index contributed by atoms with van der Waals surface area (Å²) in [6, 6.07) is 44.4. The molecule has 0 saturated carbocycles. The van der Waals surface area contributed by atoms with Crippen molar-refractivity contribution in [1.29, 1.82) is 0 Å². The van der Waals surface area contributed by atoms with Gasteiger partial charge in [0, 0.05) is 50.6 Å². The molecule has 0 aliphatic carbocycles. The zero-order valence-corrected chi connectivity index (χ0v) is 22.5. The SMILES string of the molecule is c1ccc(N2c3cc4c(cc3B3Oc5ccccc5-c5cccc2c53)B2Oc3ccccc3-c3cccc(c32)O4)cc1. The Morgan fingerprint density at radius 3 is 1.79 bits per heavy atom. The zero-order valence-electron chi connectivity index (χ0n) is 22.5. The Balaban J connectivity index is 1.24. The van der Waals surface area contributed by atoms with Crippen molar-refractivity contribution in [3.05, 3.63) is 127 Å². The highest BCUT2D eigenvalue weighted by Gasteiger charge is 2.46. The van der Waals surface area contributed by atoms with E-state index < -0.39 is 0 Å². The molecule has 0 N–H and O–H groups in total. The van der Waals surface area contributed by atoms with Gasteiger partial charge in [-0.05, 0) is 53.0 Å². The topological polar surface area (TPSA) is 30.9 Å². The zero-order chi connectivity index (χ0) is 27.4. The average molecular weight is 537 g/mol. The molecule has 6 heteroatoms. The van der Waals surface area contributed by atoms with Gasteiger partial charge in [0.05, 0.1) is 0 Å². The first kappa shape index (κ1) is 22.4. The van der Waals surface area contributed by atoms with Crippen molar-refractivity contribution in [2.45, 2.75) is 0 Å². The minimum atomic E-state index is -0.280. The van der Waals surface area contributed by atoms with Crippen molar-refractivity contribution in [2.75, 3.05) is 4.90 Å². The predicted molar refractivity (Wildman–Crippen MR) is 170 cm³/mol. The van der Waals surface area contributed by atoms with Gasteiger partial charge in [0.1, 0.15) is 23.0 Å². The van der Waals surface area contributed by atoms with Crippen LogP contribution in [0.25, 0.3) is 22.3 Å². The molecule has 4 heterocycles. The second kappa shape index (κ2) is 8.11. The van der Waals surface area contributed by atoms with Crippen molar-refractivity contribution in [2.24, 2.45) is 0 Å². The molecule has 0 unspecified atom stereocenters. The van der Waals surface area contributed by atoms with Crippen LogP contribution >= 0.6 is 0 Å². The quantitative estimate of drug-likeness (QED) is 0.245. The van der Waals surface area contributed by atoms with Crippen molar-refractivity contribution in [3.63, 3.8) is 0 Å². The van der Waals surface area contributed by atoms with Gasteiger partial charge in [0.25, 0.3) is 0 Å². The summed E-state index contributed by atoms with van der Waals surface area (Å²) < 4.78 is 20.3. The van der Waals surface area contributed by atoms with Gasteiger partial charge in [0.2, 0.25) is 0 Å². The second-order valence-corrected chi connectivity index (χ2v) is 11.2. The van der Waals surface area contributed by atoms with E-state index in [0.717, 1.165) is 73.1 Å². The molecule has 4 aliphatic heterocycles. The standard InChI is InChI=1S/C36H21B2NO3/c1-2-10-22(11-3-1)39-29-16-8-14-25-23-12-4-6-17-31(23)41-37(35(25)29)27-20-28-34(21-30(27)39)40-33-19-9-15-26-24-13-5-7-18-32(24)42-38(28)36(26)33/h1-21H. The summed E-state index contributed by atoms with van der Waals surface area (Å²) in [4.78, 5) is 2.34. The van der Waals surface area contributed by atoms with E-state index in [4.69, 9.17) is 14.0 Å². The van der Waals surface area contributed by atoms with Gasteiger partial charge in [-0.25, -0.2) is 0 Å². The fourth-order valence-electron chi connectivity index (χ4n) is 7.19. The normalized spacial score (nSPS) is 14.1. The molecule has 194 valence electrons. The maximum atomic E-state index is 6.87.